The Bertz CT molecular complexity index is 458. The van der Waals surface area contributed by atoms with Crippen LogP contribution in [-0.4, -0.2) is 43.7 Å². The predicted molar refractivity (Wildman–Crippen MR) is 92.1 cm³/mol. The van der Waals surface area contributed by atoms with Crippen molar-refractivity contribution < 1.29 is 0 Å². The molecule has 1 aromatic carbocycles. The first-order valence-electron chi connectivity index (χ1n) is 8.31. The van der Waals surface area contributed by atoms with Gasteiger partial charge in [-0.05, 0) is 58.3 Å². The molecule has 118 valence electrons. The molecule has 1 aromatic rings. The van der Waals surface area contributed by atoms with Gasteiger partial charge in [0.25, 0.3) is 0 Å². The molecule has 0 radical (unpaired) electrons. The maximum absolute atomic E-state index is 6.21. The van der Waals surface area contributed by atoms with E-state index in [4.69, 9.17) is 5.73 Å². The predicted octanol–water partition coefficient (Wildman–Crippen LogP) is 2.81. The van der Waals surface area contributed by atoms with Gasteiger partial charge in [0, 0.05) is 30.9 Å². The van der Waals surface area contributed by atoms with Crippen LogP contribution < -0.4 is 10.6 Å². The quantitative estimate of drug-likeness (QED) is 0.925. The fraction of sp³-hybridized carbons (Fsp3) is 0.667. The number of nitrogens with two attached hydrogens (primary N) is 1. The van der Waals surface area contributed by atoms with Gasteiger partial charge in [-0.15, -0.1) is 0 Å². The molecule has 0 spiro atoms. The number of aryl methyl sites for hydroxylation is 1. The van der Waals surface area contributed by atoms with Gasteiger partial charge in [0.2, 0.25) is 0 Å². The summed E-state index contributed by atoms with van der Waals surface area (Å²) in [4.78, 5) is 5.02. The highest BCUT2D eigenvalue weighted by Crippen LogP contribution is 2.27. The van der Waals surface area contributed by atoms with E-state index in [1.54, 1.807) is 0 Å². The molecule has 1 aliphatic heterocycles. The van der Waals surface area contributed by atoms with Crippen LogP contribution in [0.25, 0.3) is 0 Å². The van der Waals surface area contributed by atoms with E-state index in [1.807, 2.05) is 0 Å². The molecule has 3 heteroatoms. The smallest absolute Gasteiger partial charge is 0.0402 e. The lowest BCUT2D eigenvalue weighted by Crippen LogP contribution is -2.38. The first-order valence-corrected chi connectivity index (χ1v) is 8.31. The normalized spacial score (nSPS) is 22.1. The summed E-state index contributed by atoms with van der Waals surface area (Å²) in [5.41, 5.74) is 10.4. The lowest BCUT2D eigenvalue weighted by atomic mass is 9.99. The zero-order valence-electron chi connectivity index (χ0n) is 14.1. The van der Waals surface area contributed by atoms with Gasteiger partial charge in [-0.2, -0.15) is 0 Å². The van der Waals surface area contributed by atoms with Gasteiger partial charge in [0.15, 0.2) is 0 Å². The zero-order chi connectivity index (χ0) is 15.4. The van der Waals surface area contributed by atoms with Crippen LogP contribution in [-0.2, 0) is 6.42 Å². The molecular formula is C18H31N3. The van der Waals surface area contributed by atoms with E-state index in [-0.39, 0.29) is 6.04 Å². The molecule has 2 atom stereocenters. The van der Waals surface area contributed by atoms with Crippen LogP contribution in [0.4, 0.5) is 5.69 Å². The van der Waals surface area contributed by atoms with Gasteiger partial charge < -0.3 is 15.5 Å². The van der Waals surface area contributed by atoms with Gasteiger partial charge in [-0.1, -0.05) is 24.6 Å². The van der Waals surface area contributed by atoms with Gasteiger partial charge in [0.05, 0.1) is 0 Å². The monoisotopic (exact) mass is 289 g/mol. The average Bonchev–Trinajstić information content (AvgIpc) is 2.60. The number of benzene rings is 1. The minimum absolute atomic E-state index is 0.260. The van der Waals surface area contributed by atoms with E-state index in [9.17, 15) is 0 Å². The highest BCUT2D eigenvalue weighted by molar-refractivity contribution is 5.56. The van der Waals surface area contributed by atoms with Crippen molar-refractivity contribution in [3.8, 4) is 0 Å². The lowest BCUT2D eigenvalue weighted by molar-refractivity contribution is 0.337. The number of hydrogen-bond acceptors (Lipinski definition) is 3. The number of likely N-dealkylation sites (N-methyl/N-ethyl adjacent to an activating group) is 1. The van der Waals surface area contributed by atoms with Gasteiger partial charge in [-0.3, -0.25) is 0 Å². The van der Waals surface area contributed by atoms with E-state index in [1.165, 1.54) is 29.8 Å². The van der Waals surface area contributed by atoms with Crippen molar-refractivity contribution in [1.29, 1.82) is 0 Å². The molecule has 2 rings (SSSR count). The van der Waals surface area contributed by atoms with Crippen LogP contribution in [0.3, 0.4) is 0 Å². The summed E-state index contributed by atoms with van der Waals surface area (Å²) in [6.45, 7) is 10.1. The van der Waals surface area contributed by atoms with E-state index < -0.39 is 0 Å². The Morgan fingerprint density at radius 1 is 1.33 bits per heavy atom. The Kier molecular flexibility index (Phi) is 5.65. The van der Waals surface area contributed by atoms with Crippen LogP contribution in [0, 0.1) is 6.92 Å². The third-order valence-corrected chi connectivity index (χ3v) is 4.60. The summed E-state index contributed by atoms with van der Waals surface area (Å²) in [6, 6.07) is 7.67. The second kappa shape index (κ2) is 7.28. The largest absolute Gasteiger partial charge is 0.367 e. The molecule has 0 aromatic heterocycles. The number of anilines is 1. The number of hydrogen-bond donors (Lipinski definition) is 1. The Morgan fingerprint density at radius 2 is 2.10 bits per heavy atom. The second-order valence-corrected chi connectivity index (χ2v) is 6.66. The number of rotatable bonds is 4. The average molecular weight is 289 g/mol. The molecule has 2 unspecified atom stereocenters. The molecule has 21 heavy (non-hydrogen) atoms. The molecule has 0 aliphatic carbocycles. The maximum Gasteiger partial charge on any atom is 0.0402 e. The van der Waals surface area contributed by atoms with Crippen LogP contribution in [0.15, 0.2) is 18.2 Å². The van der Waals surface area contributed by atoms with Crippen molar-refractivity contribution in [3.63, 3.8) is 0 Å². The van der Waals surface area contributed by atoms with Crippen molar-refractivity contribution in [2.75, 3.05) is 31.6 Å². The minimum Gasteiger partial charge on any atom is -0.367 e. The van der Waals surface area contributed by atoms with Crippen molar-refractivity contribution in [3.05, 3.63) is 29.3 Å². The molecule has 3 nitrogen and oxygen atoms in total. The highest BCUT2D eigenvalue weighted by atomic mass is 15.2. The summed E-state index contributed by atoms with van der Waals surface area (Å²) < 4.78 is 0. The first-order chi connectivity index (χ1) is 10.0. The Hall–Kier alpha value is -1.06. The van der Waals surface area contributed by atoms with Crippen LogP contribution in [0.1, 0.15) is 37.8 Å². The van der Waals surface area contributed by atoms with Crippen molar-refractivity contribution in [2.24, 2.45) is 5.73 Å². The number of nitrogens with zero attached hydrogens (tertiary/aromatic N) is 2. The summed E-state index contributed by atoms with van der Waals surface area (Å²) >= 11 is 0. The van der Waals surface area contributed by atoms with E-state index in [0.717, 1.165) is 25.9 Å². The third kappa shape index (κ3) is 4.21. The molecule has 1 aliphatic rings. The van der Waals surface area contributed by atoms with Gasteiger partial charge in [-0.25, -0.2) is 0 Å². The minimum atomic E-state index is 0.260. The molecule has 1 fully saturated rings. The summed E-state index contributed by atoms with van der Waals surface area (Å²) in [5, 5.41) is 0. The summed E-state index contributed by atoms with van der Waals surface area (Å²) in [7, 11) is 2.23. The Morgan fingerprint density at radius 3 is 2.81 bits per heavy atom. The molecule has 1 saturated heterocycles. The molecule has 1 heterocycles. The van der Waals surface area contributed by atoms with Crippen LogP contribution in [0.2, 0.25) is 0 Å². The fourth-order valence-corrected chi connectivity index (χ4v) is 3.31. The van der Waals surface area contributed by atoms with Crippen LogP contribution in [0.5, 0.6) is 0 Å². The zero-order valence-corrected chi connectivity index (χ0v) is 14.1. The van der Waals surface area contributed by atoms with Crippen molar-refractivity contribution in [1.82, 2.24) is 4.90 Å². The third-order valence-electron chi connectivity index (χ3n) is 4.60. The van der Waals surface area contributed by atoms with Gasteiger partial charge in [0.1, 0.15) is 0 Å². The summed E-state index contributed by atoms with van der Waals surface area (Å²) in [6.07, 6.45) is 3.24. The maximum atomic E-state index is 6.21. The lowest BCUT2D eigenvalue weighted by Gasteiger charge is -2.32. The molecule has 0 saturated carbocycles. The van der Waals surface area contributed by atoms with E-state index >= 15 is 0 Å². The second-order valence-electron chi connectivity index (χ2n) is 6.66. The van der Waals surface area contributed by atoms with Crippen molar-refractivity contribution in [2.45, 2.75) is 52.1 Å². The Balaban J connectivity index is 2.28. The van der Waals surface area contributed by atoms with E-state index in [2.05, 4.69) is 55.8 Å². The SMILES string of the molecule is CCC(N)Cc1cc(C)ccc1N1CCCN(C)CC1C. The standard InChI is InChI=1S/C18H31N3/c1-5-17(19)12-16-11-14(2)7-8-18(16)21-10-6-9-20(4)13-15(21)3/h7-8,11,15,17H,5-6,9-10,12-13,19H2,1-4H3. The highest BCUT2D eigenvalue weighted by Gasteiger charge is 2.22. The summed E-state index contributed by atoms with van der Waals surface area (Å²) in [5.74, 6) is 0. The van der Waals surface area contributed by atoms with Crippen LogP contribution >= 0.6 is 0 Å². The molecular weight excluding hydrogens is 258 g/mol. The van der Waals surface area contributed by atoms with E-state index in [0.29, 0.717) is 6.04 Å². The van der Waals surface area contributed by atoms with Crippen molar-refractivity contribution >= 4 is 5.69 Å². The topological polar surface area (TPSA) is 32.5 Å². The Labute approximate surface area is 130 Å². The molecule has 0 amide bonds. The van der Waals surface area contributed by atoms with Gasteiger partial charge >= 0.3 is 0 Å². The molecule has 0 bridgehead atoms. The fourth-order valence-electron chi connectivity index (χ4n) is 3.31. The molecule has 2 N–H and O–H groups in total. The first kappa shape index (κ1) is 16.3.